The molecule has 1 fully saturated rings. The Hall–Kier alpha value is -4.21. The van der Waals surface area contributed by atoms with Gasteiger partial charge in [-0.05, 0) is 47.6 Å². The average Bonchev–Trinajstić information content (AvgIpc) is 3.29. The maximum absolute atomic E-state index is 13.6. The lowest BCUT2D eigenvalue weighted by Gasteiger charge is -2.41. The molecule has 3 aromatic carbocycles. The fraction of sp³-hybridized carbons (Fsp3) is 0.364. The van der Waals surface area contributed by atoms with Crippen molar-refractivity contribution in [1.82, 2.24) is 15.5 Å². The van der Waals surface area contributed by atoms with E-state index in [4.69, 9.17) is 9.84 Å². The van der Waals surface area contributed by atoms with Gasteiger partial charge in [0.15, 0.2) is 0 Å². The highest BCUT2D eigenvalue weighted by molar-refractivity contribution is 5.90. The number of hydrogen-bond donors (Lipinski definition) is 4. The van der Waals surface area contributed by atoms with Gasteiger partial charge in [0.05, 0.1) is 12.0 Å². The van der Waals surface area contributed by atoms with Gasteiger partial charge in [-0.1, -0.05) is 78.9 Å². The van der Waals surface area contributed by atoms with Crippen molar-refractivity contribution in [2.75, 3.05) is 26.2 Å². The van der Waals surface area contributed by atoms with Crippen molar-refractivity contribution in [2.24, 2.45) is 0 Å². The molecule has 0 saturated carbocycles. The summed E-state index contributed by atoms with van der Waals surface area (Å²) in [4.78, 5) is 40.2. The van der Waals surface area contributed by atoms with Crippen molar-refractivity contribution in [2.45, 2.75) is 49.8 Å². The SMILES string of the molecule is CC(O)(CNC(=O)C1(NC(=O)OCC2c3ccccc3-c3ccccc32)CCN(Cc2ccccc2)CC1)CC(=O)O. The van der Waals surface area contributed by atoms with Crippen LogP contribution in [0.15, 0.2) is 78.9 Å². The number of amides is 2. The van der Waals surface area contributed by atoms with Crippen molar-refractivity contribution in [3.05, 3.63) is 95.6 Å². The fourth-order valence-corrected chi connectivity index (χ4v) is 6.00. The van der Waals surface area contributed by atoms with Gasteiger partial charge in [-0.3, -0.25) is 14.5 Å². The van der Waals surface area contributed by atoms with Gasteiger partial charge in [0, 0.05) is 32.1 Å². The summed E-state index contributed by atoms with van der Waals surface area (Å²) < 4.78 is 5.77. The van der Waals surface area contributed by atoms with Crippen molar-refractivity contribution >= 4 is 18.0 Å². The van der Waals surface area contributed by atoms with Crippen molar-refractivity contribution in [1.29, 1.82) is 0 Å². The summed E-state index contributed by atoms with van der Waals surface area (Å²) in [5, 5.41) is 25.1. The van der Waals surface area contributed by atoms with E-state index in [1.807, 2.05) is 66.7 Å². The molecule has 5 rings (SSSR count). The molecule has 0 aromatic heterocycles. The van der Waals surface area contributed by atoms with E-state index < -0.39 is 35.5 Å². The van der Waals surface area contributed by atoms with Gasteiger partial charge >= 0.3 is 12.1 Å². The Bertz CT molecular complexity index is 1390. The molecule has 1 saturated heterocycles. The zero-order valence-electron chi connectivity index (χ0n) is 23.7. The summed E-state index contributed by atoms with van der Waals surface area (Å²) in [6, 6.07) is 26.2. The highest BCUT2D eigenvalue weighted by Gasteiger charge is 2.44. The standard InChI is InChI=1S/C33H37N3O6/c1-32(41,19-29(37)38)22-34-30(39)33(15-17-36(18-16-33)20-23-9-3-2-4-10-23)35-31(40)42-21-28-26-13-7-5-11-24(26)25-12-6-8-14-27(25)28/h2-14,28,41H,15-22H2,1H3,(H,34,39)(H,35,40)(H,37,38). The topological polar surface area (TPSA) is 128 Å². The normalized spacial score (nSPS) is 17.4. The molecule has 4 N–H and O–H groups in total. The lowest BCUT2D eigenvalue weighted by molar-refractivity contribution is -0.143. The first-order chi connectivity index (χ1) is 20.2. The van der Waals surface area contributed by atoms with Crippen LogP contribution in [0.25, 0.3) is 11.1 Å². The van der Waals surface area contributed by atoms with Gasteiger partial charge in [0.25, 0.3) is 0 Å². The zero-order chi connectivity index (χ0) is 29.7. The maximum Gasteiger partial charge on any atom is 0.408 e. The summed E-state index contributed by atoms with van der Waals surface area (Å²) in [7, 11) is 0. The molecule has 9 nitrogen and oxygen atoms in total. The second-order valence-electron chi connectivity index (χ2n) is 11.5. The number of piperidine rings is 1. The third kappa shape index (κ3) is 6.64. The molecule has 0 bridgehead atoms. The number of likely N-dealkylation sites (tertiary alicyclic amines) is 1. The van der Waals surface area contributed by atoms with Crippen molar-refractivity contribution in [3.63, 3.8) is 0 Å². The summed E-state index contributed by atoms with van der Waals surface area (Å²) >= 11 is 0. The highest BCUT2D eigenvalue weighted by Crippen LogP contribution is 2.44. The number of aliphatic hydroxyl groups is 1. The molecule has 220 valence electrons. The Kier molecular flexibility index (Phi) is 8.61. The molecule has 1 aliphatic heterocycles. The Morgan fingerprint density at radius 2 is 1.50 bits per heavy atom. The molecule has 42 heavy (non-hydrogen) atoms. The number of benzene rings is 3. The maximum atomic E-state index is 13.6. The van der Waals surface area contributed by atoms with E-state index in [0.29, 0.717) is 25.9 Å². The molecule has 1 atom stereocenters. The van der Waals surface area contributed by atoms with Gasteiger partial charge < -0.3 is 25.6 Å². The van der Waals surface area contributed by atoms with Crippen LogP contribution < -0.4 is 10.6 Å². The smallest absolute Gasteiger partial charge is 0.408 e. The van der Waals surface area contributed by atoms with E-state index in [0.717, 1.165) is 34.4 Å². The number of carboxylic acids is 1. The summed E-state index contributed by atoms with van der Waals surface area (Å²) in [6.07, 6.45) is -0.556. The molecular formula is C33H37N3O6. The summed E-state index contributed by atoms with van der Waals surface area (Å²) in [6.45, 7) is 3.03. The van der Waals surface area contributed by atoms with E-state index in [1.165, 1.54) is 6.92 Å². The lowest BCUT2D eigenvalue weighted by Crippen LogP contribution is -2.64. The number of ether oxygens (including phenoxy) is 1. The predicted octanol–water partition coefficient (Wildman–Crippen LogP) is 3.90. The summed E-state index contributed by atoms with van der Waals surface area (Å²) in [5.74, 6) is -1.76. The van der Waals surface area contributed by atoms with E-state index in [2.05, 4.69) is 27.7 Å². The highest BCUT2D eigenvalue weighted by atomic mass is 16.5. The summed E-state index contributed by atoms with van der Waals surface area (Å²) in [5.41, 5.74) is 2.68. The van der Waals surface area contributed by atoms with Crippen LogP contribution in [0.3, 0.4) is 0 Å². The largest absolute Gasteiger partial charge is 0.481 e. The number of nitrogens with zero attached hydrogens (tertiary/aromatic N) is 1. The minimum atomic E-state index is -1.64. The van der Waals surface area contributed by atoms with Crippen LogP contribution in [-0.4, -0.2) is 70.5 Å². The first-order valence-electron chi connectivity index (χ1n) is 14.3. The Morgan fingerprint density at radius 3 is 2.10 bits per heavy atom. The van der Waals surface area contributed by atoms with Crippen LogP contribution in [0.5, 0.6) is 0 Å². The van der Waals surface area contributed by atoms with Gasteiger partial charge in [-0.2, -0.15) is 0 Å². The van der Waals surface area contributed by atoms with E-state index in [1.54, 1.807) is 0 Å². The number of aliphatic carboxylic acids is 1. The van der Waals surface area contributed by atoms with Gasteiger partial charge in [-0.25, -0.2) is 4.79 Å². The number of hydrogen-bond acceptors (Lipinski definition) is 6. The molecule has 1 unspecified atom stereocenters. The third-order valence-corrected chi connectivity index (χ3v) is 8.24. The van der Waals surface area contributed by atoms with Crippen molar-refractivity contribution < 1.29 is 29.3 Å². The Labute approximate surface area is 245 Å². The van der Waals surface area contributed by atoms with E-state index in [9.17, 15) is 19.5 Å². The van der Waals surface area contributed by atoms with Crippen LogP contribution in [-0.2, 0) is 20.9 Å². The van der Waals surface area contributed by atoms with Crippen LogP contribution in [0, 0.1) is 0 Å². The number of alkyl carbamates (subject to hydrolysis) is 1. The van der Waals surface area contributed by atoms with Crippen LogP contribution in [0.2, 0.25) is 0 Å². The third-order valence-electron chi connectivity index (χ3n) is 8.24. The van der Waals surface area contributed by atoms with Gasteiger partial charge in [0.1, 0.15) is 12.1 Å². The molecule has 0 radical (unpaired) electrons. The van der Waals surface area contributed by atoms with Crippen LogP contribution in [0.4, 0.5) is 4.79 Å². The molecular weight excluding hydrogens is 534 g/mol. The number of carbonyl (C=O) groups excluding carboxylic acids is 2. The number of nitrogens with one attached hydrogen (secondary N) is 2. The van der Waals surface area contributed by atoms with E-state index in [-0.39, 0.29) is 19.1 Å². The monoisotopic (exact) mass is 571 g/mol. The first-order valence-corrected chi connectivity index (χ1v) is 14.3. The molecule has 0 spiro atoms. The molecule has 1 aliphatic carbocycles. The second-order valence-corrected chi connectivity index (χ2v) is 11.5. The Balaban J connectivity index is 1.27. The van der Waals surface area contributed by atoms with Crippen LogP contribution in [0.1, 0.15) is 48.8 Å². The minimum absolute atomic E-state index is 0.116. The van der Waals surface area contributed by atoms with E-state index >= 15 is 0 Å². The first kappa shape index (κ1) is 29.3. The molecule has 2 amide bonds. The van der Waals surface area contributed by atoms with Crippen molar-refractivity contribution in [3.8, 4) is 11.1 Å². The number of carbonyl (C=O) groups is 3. The van der Waals surface area contributed by atoms with Gasteiger partial charge in [-0.15, -0.1) is 0 Å². The molecule has 1 heterocycles. The average molecular weight is 572 g/mol. The second kappa shape index (κ2) is 12.3. The lowest BCUT2D eigenvalue weighted by atomic mass is 9.86. The van der Waals surface area contributed by atoms with Crippen LogP contribution >= 0.6 is 0 Å². The number of rotatable bonds is 10. The number of carboxylic acid groups (broad SMARTS) is 1. The molecule has 2 aliphatic rings. The predicted molar refractivity (Wildman–Crippen MR) is 158 cm³/mol. The molecule has 9 heteroatoms. The number of fused-ring (bicyclic) bond motifs is 3. The Morgan fingerprint density at radius 1 is 0.929 bits per heavy atom. The zero-order valence-corrected chi connectivity index (χ0v) is 23.7. The fourth-order valence-electron chi connectivity index (χ4n) is 6.00. The molecule has 3 aromatic rings. The van der Waals surface area contributed by atoms with Gasteiger partial charge in [0.2, 0.25) is 5.91 Å². The minimum Gasteiger partial charge on any atom is -0.481 e. The quantitative estimate of drug-likeness (QED) is 0.291.